The van der Waals surface area contributed by atoms with Crippen LogP contribution < -0.4 is 25.6 Å². The number of benzene rings is 2. The minimum absolute atomic E-state index is 0. The Morgan fingerprint density at radius 2 is 1.66 bits per heavy atom. The molecule has 2 aromatic carbocycles. The maximum atomic E-state index is 12.6. The van der Waals surface area contributed by atoms with Crippen molar-refractivity contribution in [1.29, 1.82) is 0 Å². The molecule has 1 saturated heterocycles. The molecule has 1 fully saturated rings. The first kappa shape index (κ1) is 36.6. The van der Waals surface area contributed by atoms with E-state index < -0.39 is 22.3 Å². The van der Waals surface area contributed by atoms with Gasteiger partial charge in [-0.15, -0.1) is 24.8 Å². The lowest BCUT2D eigenvalue weighted by molar-refractivity contribution is -0.385. The minimum atomic E-state index is -1.70. The van der Waals surface area contributed by atoms with Crippen molar-refractivity contribution in [1.82, 2.24) is 15.5 Å². The summed E-state index contributed by atoms with van der Waals surface area (Å²) in [5, 5.41) is 43.0. The first-order valence-electron chi connectivity index (χ1n) is 14.1. The highest BCUT2D eigenvalue weighted by Gasteiger charge is 2.45. The zero-order valence-corrected chi connectivity index (χ0v) is 26.6. The van der Waals surface area contributed by atoms with Crippen LogP contribution in [0.4, 0.5) is 5.69 Å². The van der Waals surface area contributed by atoms with E-state index in [0.717, 1.165) is 43.9 Å². The average Bonchev–Trinajstić information content (AvgIpc) is 2.96. The van der Waals surface area contributed by atoms with E-state index in [2.05, 4.69) is 21.6 Å². The molecule has 1 atom stereocenters. The SMILES string of the molecule is COc1ccccc1C1CNCCN1CCCCCC1(c2cccc([N+](=O)[O-])c2)C(C(=O)[O-])=C(C)NC(C)=C1C(=O)[O-].Cl.Cl. The van der Waals surface area contributed by atoms with Crippen molar-refractivity contribution in [2.24, 2.45) is 0 Å². The molecule has 2 heterocycles. The molecule has 0 amide bonds. The number of piperazine rings is 1. The summed E-state index contributed by atoms with van der Waals surface area (Å²) in [6.45, 7) is 6.33. The van der Waals surface area contributed by atoms with Gasteiger partial charge in [0, 0.05) is 59.9 Å². The number of para-hydroxylation sites is 1. The molecule has 0 bridgehead atoms. The highest BCUT2D eigenvalue weighted by molar-refractivity contribution is 5.99. The molecular formula is C31H38Cl2N4O7-2. The maximum absolute atomic E-state index is 12.6. The lowest BCUT2D eigenvalue weighted by Crippen LogP contribution is -2.50. The van der Waals surface area contributed by atoms with Crippen LogP contribution in [0, 0.1) is 10.1 Å². The van der Waals surface area contributed by atoms with Crippen LogP contribution >= 0.6 is 24.8 Å². The number of carboxylic acid groups (broad SMARTS) is 2. The van der Waals surface area contributed by atoms with Gasteiger partial charge in [-0.2, -0.15) is 0 Å². The van der Waals surface area contributed by atoms with Crippen molar-refractivity contribution in [2.45, 2.75) is 51.0 Å². The van der Waals surface area contributed by atoms with Crippen LogP contribution in [0.2, 0.25) is 0 Å². The van der Waals surface area contributed by atoms with Crippen molar-refractivity contribution in [2.75, 3.05) is 33.3 Å². The Hall–Kier alpha value is -3.64. The fraction of sp³-hybridized carbons (Fsp3) is 0.419. The van der Waals surface area contributed by atoms with Gasteiger partial charge in [0.1, 0.15) is 5.75 Å². The zero-order chi connectivity index (χ0) is 30.4. The largest absolute Gasteiger partial charge is 0.545 e. The summed E-state index contributed by atoms with van der Waals surface area (Å²) in [6.07, 6.45) is 2.00. The fourth-order valence-corrected chi connectivity index (χ4v) is 6.54. The molecule has 11 nitrogen and oxygen atoms in total. The number of aliphatic carboxylic acids is 2. The van der Waals surface area contributed by atoms with Gasteiger partial charge >= 0.3 is 0 Å². The summed E-state index contributed by atoms with van der Waals surface area (Å²) in [6, 6.07) is 13.6. The maximum Gasteiger partial charge on any atom is 0.269 e. The Kier molecular flexibility index (Phi) is 13.2. The lowest BCUT2D eigenvalue weighted by atomic mass is 9.63. The second kappa shape index (κ2) is 15.9. The van der Waals surface area contributed by atoms with E-state index in [9.17, 15) is 29.9 Å². The third-order valence-electron chi connectivity index (χ3n) is 8.29. The molecule has 0 aromatic heterocycles. The van der Waals surface area contributed by atoms with Gasteiger partial charge in [-0.1, -0.05) is 43.2 Å². The van der Waals surface area contributed by atoms with Crippen LogP contribution in [0.25, 0.3) is 0 Å². The van der Waals surface area contributed by atoms with Crippen molar-refractivity contribution in [3.05, 3.63) is 92.3 Å². The number of hydrogen-bond donors (Lipinski definition) is 2. The summed E-state index contributed by atoms with van der Waals surface area (Å²) >= 11 is 0. The number of methoxy groups -OCH3 is 1. The summed E-state index contributed by atoms with van der Waals surface area (Å²) in [5.41, 5.74) is -0.722. The zero-order valence-electron chi connectivity index (χ0n) is 24.9. The molecule has 0 spiro atoms. The molecular weight excluding hydrogens is 611 g/mol. The molecule has 13 heteroatoms. The van der Waals surface area contributed by atoms with Crippen molar-refractivity contribution >= 4 is 42.4 Å². The number of nitrogens with one attached hydrogen (secondary N) is 2. The second-order valence-electron chi connectivity index (χ2n) is 10.7. The number of dihydropyridines is 1. The van der Waals surface area contributed by atoms with Crippen LogP contribution in [0.15, 0.2) is 71.1 Å². The monoisotopic (exact) mass is 648 g/mol. The molecule has 0 radical (unpaired) electrons. The van der Waals surface area contributed by atoms with Gasteiger partial charge in [0.25, 0.3) is 5.69 Å². The van der Waals surface area contributed by atoms with Gasteiger partial charge in [-0.05, 0) is 44.9 Å². The Morgan fingerprint density at radius 3 is 2.27 bits per heavy atom. The van der Waals surface area contributed by atoms with Gasteiger partial charge in [0.15, 0.2) is 0 Å². The molecule has 0 saturated carbocycles. The van der Waals surface area contributed by atoms with Crippen molar-refractivity contribution < 1.29 is 29.5 Å². The number of carbonyl (C=O) groups excluding carboxylic acids is 2. The lowest BCUT2D eigenvalue weighted by Gasteiger charge is -2.45. The van der Waals surface area contributed by atoms with Crippen LogP contribution in [-0.4, -0.2) is 55.1 Å². The number of non-ortho nitro benzene ring substituents is 1. The Labute approximate surface area is 269 Å². The highest BCUT2D eigenvalue weighted by Crippen LogP contribution is 2.48. The predicted molar refractivity (Wildman–Crippen MR) is 166 cm³/mol. The predicted octanol–water partition coefficient (Wildman–Crippen LogP) is 2.54. The average molecular weight is 650 g/mol. The van der Waals surface area contributed by atoms with Gasteiger partial charge in [0.2, 0.25) is 0 Å². The Bertz CT molecular complexity index is 1390. The fourth-order valence-electron chi connectivity index (χ4n) is 6.54. The number of halogens is 2. The van der Waals surface area contributed by atoms with E-state index in [-0.39, 0.29) is 71.1 Å². The Morgan fingerprint density at radius 1 is 1.00 bits per heavy atom. The van der Waals surface area contributed by atoms with E-state index in [1.165, 1.54) is 38.1 Å². The van der Waals surface area contributed by atoms with Crippen LogP contribution in [0.3, 0.4) is 0 Å². The third-order valence-corrected chi connectivity index (χ3v) is 8.29. The van der Waals surface area contributed by atoms with E-state index in [4.69, 9.17) is 4.74 Å². The van der Waals surface area contributed by atoms with E-state index >= 15 is 0 Å². The summed E-state index contributed by atoms with van der Waals surface area (Å²) in [4.78, 5) is 38.5. The number of rotatable bonds is 12. The van der Waals surface area contributed by atoms with E-state index in [0.29, 0.717) is 12.8 Å². The number of carboxylic acids is 2. The highest BCUT2D eigenvalue weighted by atomic mass is 35.5. The van der Waals surface area contributed by atoms with Crippen LogP contribution in [0.1, 0.15) is 56.7 Å². The molecule has 2 aromatic rings. The van der Waals surface area contributed by atoms with Crippen LogP contribution in [0.5, 0.6) is 5.75 Å². The first-order valence-corrected chi connectivity index (χ1v) is 14.1. The van der Waals surface area contributed by atoms with Crippen molar-refractivity contribution in [3.8, 4) is 5.75 Å². The quantitative estimate of drug-likeness (QED) is 0.199. The number of carbonyl (C=O) groups is 2. The number of hydrogen-bond acceptors (Lipinski definition) is 10. The molecule has 4 rings (SSSR count). The standard InChI is InChI=1S/C31H38N4O7.2ClH/c1-20-27(29(36)37)31(28(30(38)39)21(2)33-20,22-10-9-11-23(18-22)35(40)41)14-7-4-8-16-34-17-15-32-19-25(34)24-12-5-6-13-26(24)42-3;;/h5-6,9-13,18,25,32-33H,4,7-8,14-17,19H2,1-3H3,(H,36,37)(H,38,39);2*1H/p-2. The summed E-state index contributed by atoms with van der Waals surface area (Å²) in [7, 11) is 1.66. The number of ether oxygens (including phenoxy) is 1. The van der Waals surface area contributed by atoms with Crippen molar-refractivity contribution in [3.63, 3.8) is 0 Å². The summed E-state index contributed by atoms with van der Waals surface area (Å²) in [5.74, 6) is -2.26. The first-order chi connectivity index (χ1) is 20.1. The van der Waals surface area contributed by atoms with E-state index in [1.54, 1.807) is 7.11 Å². The molecule has 2 N–H and O–H groups in total. The number of nitro groups is 1. The molecule has 1 unspecified atom stereocenters. The second-order valence-corrected chi connectivity index (χ2v) is 10.7. The Balaban J connectivity index is 0.00000337. The molecule has 2 aliphatic rings. The van der Waals surface area contributed by atoms with E-state index in [1.807, 2.05) is 18.2 Å². The third kappa shape index (κ3) is 7.35. The topological polar surface area (TPSA) is 160 Å². The summed E-state index contributed by atoms with van der Waals surface area (Å²) < 4.78 is 5.59. The molecule has 44 heavy (non-hydrogen) atoms. The number of allylic oxidation sites excluding steroid dienone is 2. The number of unbranched alkanes of at least 4 members (excludes halogenated alkanes) is 2. The molecule has 2 aliphatic heterocycles. The van der Waals surface area contributed by atoms with Gasteiger partial charge in [0.05, 0.1) is 35.4 Å². The number of nitrogens with zero attached hydrogens (tertiary/aromatic N) is 2. The van der Waals surface area contributed by atoms with Gasteiger partial charge in [-0.25, -0.2) is 0 Å². The van der Waals surface area contributed by atoms with Gasteiger partial charge in [-0.3, -0.25) is 15.0 Å². The van der Waals surface area contributed by atoms with Gasteiger partial charge < -0.3 is 35.2 Å². The number of nitro benzene ring substituents is 1. The van der Waals surface area contributed by atoms with Crippen LogP contribution in [-0.2, 0) is 15.0 Å². The molecule has 0 aliphatic carbocycles. The normalized spacial score (nSPS) is 18.0. The minimum Gasteiger partial charge on any atom is -0.545 e. The molecule has 240 valence electrons. The smallest absolute Gasteiger partial charge is 0.269 e.